The Morgan fingerprint density at radius 2 is 1.85 bits per heavy atom. The van der Waals surface area contributed by atoms with Crippen LogP contribution < -0.4 is 15.6 Å². The molecule has 2 N–H and O–H groups in total. The van der Waals surface area contributed by atoms with Gasteiger partial charge in [0.25, 0.3) is 5.69 Å². The highest BCUT2D eigenvalue weighted by molar-refractivity contribution is 6.32. The van der Waals surface area contributed by atoms with E-state index in [0.29, 0.717) is 55.3 Å². The van der Waals surface area contributed by atoms with E-state index in [9.17, 15) is 10.1 Å². The molecule has 0 amide bonds. The molecule has 13 heteroatoms. The van der Waals surface area contributed by atoms with Gasteiger partial charge in [0, 0.05) is 30.4 Å². The fourth-order valence-corrected chi connectivity index (χ4v) is 4.09. The Morgan fingerprint density at radius 3 is 2.64 bits per heavy atom. The number of aromatic nitrogens is 3. The quantitative estimate of drug-likeness (QED) is 0.168. The van der Waals surface area contributed by atoms with Gasteiger partial charge in [-0.3, -0.25) is 10.1 Å². The molecule has 2 aromatic carbocycles. The topological polar surface area (TPSA) is 144 Å². The maximum absolute atomic E-state index is 11.2. The third kappa shape index (κ3) is 6.30. The fraction of sp³-hybridized carbons (Fsp3) is 0.231. The van der Waals surface area contributed by atoms with Crippen LogP contribution in [0.1, 0.15) is 16.9 Å². The molecule has 1 fully saturated rings. The molecule has 4 aromatic rings. The summed E-state index contributed by atoms with van der Waals surface area (Å²) in [5.41, 5.74) is 6.24. The summed E-state index contributed by atoms with van der Waals surface area (Å²) >= 11 is 5.91. The van der Waals surface area contributed by atoms with Crippen LogP contribution in [-0.4, -0.2) is 52.4 Å². The van der Waals surface area contributed by atoms with Crippen molar-refractivity contribution in [3.8, 4) is 11.3 Å². The summed E-state index contributed by atoms with van der Waals surface area (Å²) in [5.74, 6) is 1.99. The van der Waals surface area contributed by atoms with Crippen LogP contribution in [-0.2, 0) is 4.74 Å². The van der Waals surface area contributed by atoms with E-state index in [1.54, 1.807) is 18.2 Å². The number of nitro benzene ring substituents is 1. The first-order chi connectivity index (χ1) is 18.9. The number of rotatable bonds is 8. The zero-order valence-corrected chi connectivity index (χ0v) is 22.0. The van der Waals surface area contributed by atoms with Crippen molar-refractivity contribution in [2.24, 2.45) is 5.10 Å². The standard InChI is InChI=1S/C26H25ClN8O4/c1-16-3-4-17(2)21(13-16)29-24-30-25(32-26(31-24)34-9-11-38-12-10-34)33-28-15-19-6-8-23(39-19)18-5-7-20(27)22(14-18)35(36)37/h3-8,13-15H,9-12H2,1-2H3,(H2,29,30,31,32,33). The minimum atomic E-state index is -0.537. The Hall–Kier alpha value is -4.55. The maximum Gasteiger partial charge on any atom is 0.288 e. The van der Waals surface area contributed by atoms with Gasteiger partial charge < -0.3 is 19.4 Å². The van der Waals surface area contributed by atoms with E-state index in [2.05, 4.69) is 30.8 Å². The molecule has 5 rings (SSSR count). The second-order valence-electron chi connectivity index (χ2n) is 8.82. The molecule has 3 heterocycles. The lowest BCUT2D eigenvalue weighted by molar-refractivity contribution is -0.384. The molecule has 1 aliphatic heterocycles. The first kappa shape index (κ1) is 26.1. The minimum Gasteiger partial charge on any atom is -0.455 e. The van der Waals surface area contributed by atoms with E-state index in [0.717, 1.165) is 16.8 Å². The van der Waals surface area contributed by atoms with Gasteiger partial charge in [-0.05, 0) is 55.3 Å². The third-order valence-electron chi connectivity index (χ3n) is 5.97. The number of benzene rings is 2. The van der Waals surface area contributed by atoms with Gasteiger partial charge in [0.1, 0.15) is 16.5 Å². The third-order valence-corrected chi connectivity index (χ3v) is 6.29. The summed E-state index contributed by atoms with van der Waals surface area (Å²) in [6.07, 6.45) is 1.46. The Kier molecular flexibility index (Phi) is 7.66. The Labute approximate surface area is 228 Å². The molecule has 0 spiro atoms. The van der Waals surface area contributed by atoms with E-state index < -0.39 is 4.92 Å². The van der Waals surface area contributed by atoms with Crippen LogP contribution in [0.5, 0.6) is 0 Å². The van der Waals surface area contributed by atoms with Crippen molar-refractivity contribution in [3.05, 3.63) is 80.6 Å². The molecule has 1 aliphatic rings. The van der Waals surface area contributed by atoms with Gasteiger partial charge in [0.15, 0.2) is 0 Å². The van der Waals surface area contributed by atoms with Gasteiger partial charge in [-0.1, -0.05) is 23.7 Å². The molecule has 0 aliphatic carbocycles. The SMILES string of the molecule is Cc1ccc(C)c(Nc2nc(NN=Cc3ccc(-c4ccc(Cl)c([N+](=O)[O-])c4)o3)nc(N3CCOCC3)n2)c1. The summed E-state index contributed by atoms with van der Waals surface area (Å²) in [5, 5.41) is 18.8. The number of furan rings is 1. The van der Waals surface area contributed by atoms with Crippen molar-refractivity contribution in [2.75, 3.05) is 41.9 Å². The summed E-state index contributed by atoms with van der Waals surface area (Å²) < 4.78 is 11.2. The average molecular weight is 549 g/mol. The number of aryl methyl sites for hydroxylation is 2. The van der Waals surface area contributed by atoms with Crippen LogP contribution in [0.2, 0.25) is 5.02 Å². The molecular formula is C26H25ClN8O4. The molecule has 0 saturated carbocycles. The Balaban J connectivity index is 1.36. The van der Waals surface area contributed by atoms with E-state index >= 15 is 0 Å². The van der Waals surface area contributed by atoms with Gasteiger partial charge >= 0.3 is 0 Å². The number of hydrogen-bond acceptors (Lipinski definition) is 11. The van der Waals surface area contributed by atoms with Crippen LogP contribution in [0.15, 0.2) is 58.0 Å². The molecule has 0 atom stereocenters. The predicted octanol–water partition coefficient (Wildman–Crippen LogP) is 5.34. The second-order valence-corrected chi connectivity index (χ2v) is 9.23. The Morgan fingerprint density at radius 1 is 1.05 bits per heavy atom. The van der Waals surface area contributed by atoms with Crippen molar-refractivity contribution >= 4 is 47.0 Å². The summed E-state index contributed by atoms with van der Waals surface area (Å²) in [7, 11) is 0. The summed E-state index contributed by atoms with van der Waals surface area (Å²) in [6, 6.07) is 14.0. The average Bonchev–Trinajstić information content (AvgIpc) is 3.40. The molecule has 39 heavy (non-hydrogen) atoms. The highest BCUT2D eigenvalue weighted by Gasteiger charge is 2.18. The number of nitrogens with one attached hydrogen (secondary N) is 2. The molecule has 12 nitrogen and oxygen atoms in total. The zero-order chi connectivity index (χ0) is 27.4. The van der Waals surface area contributed by atoms with Crippen molar-refractivity contribution in [1.29, 1.82) is 0 Å². The molecule has 200 valence electrons. The van der Waals surface area contributed by atoms with E-state index in [1.165, 1.54) is 18.3 Å². The van der Waals surface area contributed by atoms with Crippen molar-refractivity contribution in [3.63, 3.8) is 0 Å². The van der Waals surface area contributed by atoms with Crippen molar-refractivity contribution in [2.45, 2.75) is 13.8 Å². The van der Waals surface area contributed by atoms with Gasteiger partial charge in [0.2, 0.25) is 17.8 Å². The number of hydrazone groups is 1. The first-order valence-electron chi connectivity index (χ1n) is 12.1. The van der Waals surface area contributed by atoms with Crippen LogP contribution in [0.4, 0.5) is 29.2 Å². The normalized spacial score (nSPS) is 13.6. The monoisotopic (exact) mass is 548 g/mol. The molecule has 1 saturated heterocycles. The molecular weight excluding hydrogens is 524 g/mol. The second kappa shape index (κ2) is 11.5. The Bertz CT molecular complexity index is 1530. The van der Waals surface area contributed by atoms with Gasteiger partial charge in [-0.15, -0.1) is 0 Å². The van der Waals surface area contributed by atoms with Gasteiger partial charge in [0.05, 0.1) is 24.4 Å². The van der Waals surface area contributed by atoms with Crippen LogP contribution in [0.25, 0.3) is 11.3 Å². The zero-order valence-electron chi connectivity index (χ0n) is 21.2. The highest BCUT2D eigenvalue weighted by atomic mass is 35.5. The van der Waals surface area contributed by atoms with Crippen LogP contribution >= 0.6 is 11.6 Å². The van der Waals surface area contributed by atoms with Crippen LogP contribution in [0.3, 0.4) is 0 Å². The summed E-state index contributed by atoms with van der Waals surface area (Å²) in [6.45, 7) is 6.53. The fourth-order valence-electron chi connectivity index (χ4n) is 3.90. The number of nitro groups is 1. The number of anilines is 4. The van der Waals surface area contributed by atoms with E-state index in [1.807, 2.05) is 36.9 Å². The number of hydrogen-bond donors (Lipinski definition) is 2. The first-order valence-corrected chi connectivity index (χ1v) is 12.5. The number of halogens is 1. The van der Waals surface area contributed by atoms with Crippen LogP contribution in [0, 0.1) is 24.0 Å². The predicted molar refractivity (Wildman–Crippen MR) is 149 cm³/mol. The lowest BCUT2D eigenvalue weighted by Gasteiger charge is -2.27. The lowest BCUT2D eigenvalue weighted by Crippen LogP contribution is -2.37. The van der Waals surface area contributed by atoms with Gasteiger partial charge in [-0.2, -0.15) is 20.1 Å². The lowest BCUT2D eigenvalue weighted by atomic mass is 10.1. The minimum absolute atomic E-state index is 0.0570. The van der Waals surface area contributed by atoms with Crippen molar-refractivity contribution in [1.82, 2.24) is 15.0 Å². The number of morpholine rings is 1. The van der Waals surface area contributed by atoms with E-state index in [4.69, 9.17) is 20.8 Å². The molecule has 2 aromatic heterocycles. The smallest absolute Gasteiger partial charge is 0.288 e. The molecule has 0 unspecified atom stereocenters. The highest BCUT2D eigenvalue weighted by Crippen LogP contribution is 2.31. The largest absolute Gasteiger partial charge is 0.455 e. The van der Waals surface area contributed by atoms with Gasteiger partial charge in [-0.25, -0.2) is 5.43 Å². The number of ether oxygens (including phenoxy) is 1. The van der Waals surface area contributed by atoms with E-state index in [-0.39, 0.29) is 16.7 Å². The van der Waals surface area contributed by atoms with Crippen molar-refractivity contribution < 1.29 is 14.1 Å². The number of nitrogens with zero attached hydrogens (tertiary/aromatic N) is 6. The summed E-state index contributed by atoms with van der Waals surface area (Å²) in [4.78, 5) is 26.3. The molecule has 0 bridgehead atoms. The maximum atomic E-state index is 11.2. The molecule has 0 radical (unpaired) electrons.